The molecule has 0 saturated carbocycles. The summed E-state index contributed by atoms with van der Waals surface area (Å²) in [6.45, 7) is 1.92. The van der Waals surface area contributed by atoms with Gasteiger partial charge in [-0.25, -0.2) is 4.79 Å². The smallest absolute Gasteiger partial charge is 0.328 e. The minimum Gasteiger partial charge on any atom is -0.480 e. The highest BCUT2D eigenvalue weighted by atomic mass is 16.5. The maximum Gasteiger partial charge on any atom is 0.328 e. The third kappa shape index (κ3) is 4.93. The minimum atomic E-state index is -1.13. The van der Waals surface area contributed by atoms with Gasteiger partial charge in [0.2, 0.25) is 0 Å². The fourth-order valence-corrected chi connectivity index (χ4v) is 2.09. The molecule has 0 saturated heterocycles. The van der Waals surface area contributed by atoms with Crippen LogP contribution in [-0.4, -0.2) is 29.1 Å². The zero-order valence-corrected chi connectivity index (χ0v) is 12.8. The van der Waals surface area contributed by atoms with Gasteiger partial charge < -0.3 is 15.2 Å². The van der Waals surface area contributed by atoms with E-state index in [1.807, 2.05) is 30.3 Å². The fourth-order valence-electron chi connectivity index (χ4n) is 2.09. The third-order valence-corrected chi connectivity index (χ3v) is 3.41. The summed E-state index contributed by atoms with van der Waals surface area (Å²) in [6, 6.07) is 16.8. The molecule has 23 heavy (non-hydrogen) atoms. The molecule has 2 aromatic rings. The van der Waals surface area contributed by atoms with Crippen LogP contribution in [0, 0.1) is 0 Å². The van der Waals surface area contributed by atoms with Gasteiger partial charge in [0, 0.05) is 5.56 Å². The van der Waals surface area contributed by atoms with Crippen LogP contribution in [0.25, 0.3) is 0 Å². The zero-order chi connectivity index (χ0) is 16.7. The van der Waals surface area contributed by atoms with Crippen molar-refractivity contribution in [3.63, 3.8) is 0 Å². The molecule has 1 amide bonds. The van der Waals surface area contributed by atoms with Crippen molar-refractivity contribution in [3.8, 4) is 0 Å². The van der Waals surface area contributed by atoms with E-state index in [9.17, 15) is 14.7 Å². The van der Waals surface area contributed by atoms with Crippen molar-refractivity contribution in [2.45, 2.75) is 25.7 Å². The Labute approximate surface area is 134 Å². The van der Waals surface area contributed by atoms with Crippen molar-refractivity contribution in [2.75, 3.05) is 0 Å². The quantitative estimate of drug-likeness (QED) is 0.823. The number of amides is 1. The van der Waals surface area contributed by atoms with Crippen molar-refractivity contribution in [2.24, 2.45) is 0 Å². The van der Waals surface area contributed by atoms with E-state index < -0.39 is 24.0 Å². The van der Waals surface area contributed by atoms with Crippen molar-refractivity contribution in [1.82, 2.24) is 5.32 Å². The van der Waals surface area contributed by atoms with Gasteiger partial charge >= 0.3 is 5.97 Å². The van der Waals surface area contributed by atoms with E-state index in [0.717, 1.165) is 5.56 Å². The number of hydrogen-bond donors (Lipinski definition) is 2. The van der Waals surface area contributed by atoms with E-state index in [2.05, 4.69) is 5.32 Å². The number of rotatable bonds is 7. The normalized spacial score (nSPS) is 13.1. The number of nitrogens with one attached hydrogen (secondary N) is 1. The number of carbonyl (C=O) groups excluding carboxylic acids is 1. The van der Waals surface area contributed by atoms with Crippen LogP contribution in [-0.2, 0) is 16.1 Å². The topological polar surface area (TPSA) is 75.6 Å². The first-order valence-corrected chi connectivity index (χ1v) is 7.32. The highest BCUT2D eigenvalue weighted by molar-refractivity contribution is 5.96. The second-order valence-corrected chi connectivity index (χ2v) is 5.16. The molecule has 0 bridgehead atoms. The monoisotopic (exact) mass is 313 g/mol. The number of ether oxygens (including phenoxy) is 1. The summed E-state index contributed by atoms with van der Waals surface area (Å²) in [6.07, 6.45) is -0.666. The first-order chi connectivity index (χ1) is 11.1. The molecule has 0 heterocycles. The van der Waals surface area contributed by atoms with Crippen molar-refractivity contribution >= 4 is 11.9 Å². The van der Waals surface area contributed by atoms with E-state index in [0.29, 0.717) is 5.56 Å². The second kappa shape index (κ2) is 8.10. The molecular weight excluding hydrogens is 294 g/mol. The molecule has 120 valence electrons. The molecule has 0 spiro atoms. The van der Waals surface area contributed by atoms with E-state index in [-0.39, 0.29) is 6.61 Å². The molecule has 5 heteroatoms. The van der Waals surface area contributed by atoms with Gasteiger partial charge in [0.25, 0.3) is 5.91 Å². The number of aliphatic carboxylic acids is 1. The summed E-state index contributed by atoms with van der Waals surface area (Å²) in [5.74, 6) is -1.57. The van der Waals surface area contributed by atoms with E-state index >= 15 is 0 Å². The van der Waals surface area contributed by atoms with Crippen LogP contribution in [0.15, 0.2) is 60.7 Å². The van der Waals surface area contributed by atoms with Gasteiger partial charge in [-0.3, -0.25) is 4.79 Å². The SMILES string of the molecule is CC(OCc1ccccc1)C(NC(=O)c1ccccc1)C(=O)O. The van der Waals surface area contributed by atoms with Crippen molar-refractivity contribution < 1.29 is 19.4 Å². The number of benzene rings is 2. The minimum absolute atomic E-state index is 0.285. The van der Waals surface area contributed by atoms with Gasteiger partial charge in [-0.15, -0.1) is 0 Å². The Hall–Kier alpha value is -2.66. The molecule has 5 nitrogen and oxygen atoms in total. The summed E-state index contributed by atoms with van der Waals surface area (Å²) >= 11 is 0. The predicted molar refractivity (Wildman–Crippen MR) is 86.0 cm³/mol. The molecule has 2 N–H and O–H groups in total. The van der Waals surface area contributed by atoms with Gasteiger partial charge in [-0.05, 0) is 24.6 Å². The third-order valence-electron chi connectivity index (χ3n) is 3.41. The summed E-state index contributed by atoms with van der Waals surface area (Å²) in [7, 11) is 0. The molecule has 0 aliphatic heterocycles. The molecule has 0 aliphatic carbocycles. The molecule has 0 fully saturated rings. The van der Waals surface area contributed by atoms with Crippen LogP contribution in [0.3, 0.4) is 0 Å². The summed E-state index contributed by atoms with van der Waals surface area (Å²) in [5.41, 5.74) is 1.35. The lowest BCUT2D eigenvalue weighted by atomic mass is 10.1. The van der Waals surface area contributed by atoms with E-state index in [4.69, 9.17) is 4.74 Å². The molecule has 0 aliphatic rings. The maximum absolute atomic E-state index is 12.1. The number of hydrogen-bond acceptors (Lipinski definition) is 3. The Morgan fingerprint density at radius 3 is 2.17 bits per heavy atom. The summed E-state index contributed by atoms with van der Waals surface area (Å²) in [5, 5.41) is 11.8. The van der Waals surface area contributed by atoms with Crippen LogP contribution >= 0.6 is 0 Å². The first kappa shape index (κ1) is 16.7. The molecular formula is C18H19NO4. The Morgan fingerprint density at radius 1 is 1.04 bits per heavy atom. The van der Waals surface area contributed by atoms with Crippen LogP contribution in [0.4, 0.5) is 0 Å². The van der Waals surface area contributed by atoms with Gasteiger partial charge in [0.05, 0.1) is 12.7 Å². The molecule has 2 unspecified atom stereocenters. The highest BCUT2D eigenvalue weighted by Crippen LogP contribution is 2.08. The maximum atomic E-state index is 12.1. The zero-order valence-electron chi connectivity index (χ0n) is 12.8. The van der Waals surface area contributed by atoms with Gasteiger partial charge in [0.15, 0.2) is 6.04 Å². The molecule has 0 radical (unpaired) electrons. The molecule has 2 aromatic carbocycles. The predicted octanol–water partition coefficient (Wildman–Crippen LogP) is 2.47. The van der Waals surface area contributed by atoms with E-state index in [1.165, 1.54) is 0 Å². The molecule has 2 atom stereocenters. The first-order valence-electron chi connectivity index (χ1n) is 7.32. The molecule has 0 aromatic heterocycles. The van der Waals surface area contributed by atoms with Crippen LogP contribution in [0.1, 0.15) is 22.8 Å². The fraction of sp³-hybridized carbons (Fsp3) is 0.222. The average Bonchev–Trinajstić information content (AvgIpc) is 2.58. The van der Waals surface area contributed by atoms with Crippen LogP contribution < -0.4 is 5.32 Å². The lowest BCUT2D eigenvalue weighted by molar-refractivity contribution is -0.143. The van der Waals surface area contributed by atoms with Gasteiger partial charge in [0.1, 0.15) is 0 Å². The number of carboxylic acids is 1. The molecule has 2 rings (SSSR count). The Bertz CT molecular complexity index is 643. The highest BCUT2D eigenvalue weighted by Gasteiger charge is 2.27. The number of carboxylic acid groups (broad SMARTS) is 1. The lowest BCUT2D eigenvalue weighted by Gasteiger charge is -2.22. The second-order valence-electron chi connectivity index (χ2n) is 5.16. The number of carbonyl (C=O) groups is 2. The van der Waals surface area contributed by atoms with Gasteiger partial charge in [-0.1, -0.05) is 48.5 Å². The summed E-state index contributed by atoms with van der Waals surface area (Å²) < 4.78 is 5.59. The largest absolute Gasteiger partial charge is 0.480 e. The Kier molecular flexibility index (Phi) is 5.88. The van der Waals surface area contributed by atoms with Gasteiger partial charge in [-0.2, -0.15) is 0 Å². The van der Waals surface area contributed by atoms with E-state index in [1.54, 1.807) is 37.3 Å². The van der Waals surface area contributed by atoms with Crippen LogP contribution in [0.5, 0.6) is 0 Å². The Morgan fingerprint density at radius 2 is 1.61 bits per heavy atom. The van der Waals surface area contributed by atoms with Crippen molar-refractivity contribution in [1.29, 1.82) is 0 Å². The Balaban J connectivity index is 1.97. The standard InChI is InChI=1S/C18H19NO4/c1-13(23-12-14-8-4-2-5-9-14)16(18(21)22)19-17(20)15-10-6-3-7-11-15/h2-11,13,16H,12H2,1H3,(H,19,20)(H,21,22). The lowest BCUT2D eigenvalue weighted by Crippen LogP contribution is -2.48. The van der Waals surface area contributed by atoms with Crippen LogP contribution in [0.2, 0.25) is 0 Å². The average molecular weight is 313 g/mol. The van der Waals surface area contributed by atoms with Crippen molar-refractivity contribution in [3.05, 3.63) is 71.8 Å². The summed E-state index contributed by atoms with van der Waals surface area (Å²) in [4.78, 5) is 23.5.